The number of fused-ring (bicyclic) bond motifs is 2. The third-order valence-electron chi connectivity index (χ3n) is 7.18. The summed E-state index contributed by atoms with van der Waals surface area (Å²) in [6, 6.07) is 22.8. The third kappa shape index (κ3) is 5.91. The number of carbonyl (C=O) groups is 2. The second kappa shape index (κ2) is 11.3. The van der Waals surface area contributed by atoms with Crippen molar-refractivity contribution in [2.24, 2.45) is 0 Å². The molecule has 0 radical (unpaired) electrons. The lowest BCUT2D eigenvalue weighted by molar-refractivity contribution is -0.124. The molecule has 2 aliphatic rings. The monoisotopic (exact) mass is 499 g/mol. The van der Waals surface area contributed by atoms with Gasteiger partial charge in [0, 0.05) is 42.7 Å². The minimum absolute atomic E-state index is 0.104. The average molecular weight is 500 g/mol. The van der Waals surface area contributed by atoms with E-state index in [-0.39, 0.29) is 30.1 Å². The summed E-state index contributed by atoms with van der Waals surface area (Å²) in [5.74, 6) is -0.350. The first kappa shape index (κ1) is 25.1. The first-order chi connectivity index (χ1) is 18.0. The molecule has 0 aromatic heterocycles. The second-order valence-electron chi connectivity index (χ2n) is 9.78. The number of ether oxygens (including phenoxy) is 2. The minimum atomic E-state index is -0.303. The van der Waals surface area contributed by atoms with Gasteiger partial charge in [-0.1, -0.05) is 48.5 Å². The summed E-state index contributed by atoms with van der Waals surface area (Å²) < 4.78 is 11.2. The molecule has 5 rings (SSSR count). The molecule has 3 atom stereocenters. The largest absolute Gasteiger partial charge is 0.380 e. The van der Waals surface area contributed by atoms with Crippen LogP contribution >= 0.6 is 0 Å². The van der Waals surface area contributed by atoms with Crippen LogP contribution in [0.3, 0.4) is 0 Å². The maximum atomic E-state index is 13.2. The Kier molecular flexibility index (Phi) is 7.65. The van der Waals surface area contributed by atoms with E-state index in [1.54, 1.807) is 19.2 Å². The molecule has 0 aliphatic carbocycles. The summed E-state index contributed by atoms with van der Waals surface area (Å²) in [5, 5.41) is 6.00. The van der Waals surface area contributed by atoms with Gasteiger partial charge in [0.2, 0.25) is 5.91 Å². The molecule has 2 amide bonds. The molecule has 7 nitrogen and oxygen atoms in total. The first-order valence-corrected chi connectivity index (χ1v) is 12.8. The number of nitrogens with zero attached hydrogens (tertiary/aromatic N) is 1. The molecule has 2 fully saturated rings. The number of methoxy groups -OCH3 is 1. The Hall–Kier alpha value is -3.52. The fraction of sp³-hybridized carbons (Fsp3) is 0.333. The lowest BCUT2D eigenvalue weighted by Gasteiger charge is -2.35. The van der Waals surface area contributed by atoms with Gasteiger partial charge in [-0.3, -0.25) is 14.5 Å². The quantitative estimate of drug-likeness (QED) is 0.459. The van der Waals surface area contributed by atoms with Crippen LogP contribution in [0.25, 0.3) is 11.1 Å². The predicted octanol–water partition coefficient (Wildman–Crippen LogP) is 4.94. The van der Waals surface area contributed by atoms with Gasteiger partial charge in [-0.25, -0.2) is 0 Å². The minimum Gasteiger partial charge on any atom is -0.380 e. The number of nitrogens with one attached hydrogen (secondary N) is 2. The van der Waals surface area contributed by atoms with E-state index < -0.39 is 0 Å². The van der Waals surface area contributed by atoms with Crippen LogP contribution in [-0.2, 0) is 20.9 Å². The average Bonchev–Trinajstić information content (AvgIpc) is 3.27. The van der Waals surface area contributed by atoms with Crippen LogP contribution in [0.5, 0.6) is 0 Å². The summed E-state index contributed by atoms with van der Waals surface area (Å²) in [6.07, 6.45) is 2.54. The van der Waals surface area contributed by atoms with Gasteiger partial charge in [-0.15, -0.1) is 0 Å². The van der Waals surface area contributed by atoms with Crippen LogP contribution < -0.4 is 10.6 Å². The summed E-state index contributed by atoms with van der Waals surface area (Å²) >= 11 is 0. The second-order valence-corrected chi connectivity index (χ2v) is 9.78. The van der Waals surface area contributed by atoms with Gasteiger partial charge >= 0.3 is 0 Å². The van der Waals surface area contributed by atoms with Crippen LogP contribution in [0.2, 0.25) is 0 Å². The van der Waals surface area contributed by atoms with E-state index in [1.807, 2.05) is 55.5 Å². The zero-order valence-electron chi connectivity index (χ0n) is 21.3. The van der Waals surface area contributed by atoms with Crippen molar-refractivity contribution in [3.63, 3.8) is 0 Å². The Morgan fingerprint density at radius 1 is 0.946 bits per heavy atom. The molecule has 2 aliphatic heterocycles. The maximum absolute atomic E-state index is 13.2. The van der Waals surface area contributed by atoms with Crippen molar-refractivity contribution in [1.29, 1.82) is 0 Å². The van der Waals surface area contributed by atoms with Crippen molar-refractivity contribution in [1.82, 2.24) is 4.90 Å². The number of morpholine rings is 1. The zero-order chi connectivity index (χ0) is 25.8. The number of hydrogen-bond acceptors (Lipinski definition) is 5. The lowest BCUT2D eigenvalue weighted by atomic mass is 10.1. The lowest BCUT2D eigenvalue weighted by Crippen LogP contribution is -2.51. The topological polar surface area (TPSA) is 79.9 Å². The highest BCUT2D eigenvalue weighted by Crippen LogP contribution is 2.28. The Morgan fingerprint density at radius 3 is 2.30 bits per heavy atom. The zero-order valence-corrected chi connectivity index (χ0v) is 21.3. The van der Waals surface area contributed by atoms with Crippen LogP contribution in [0.4, 0.5) is 11.4 Å². The molecule has 2 bridgehead atoms. The van der Waals surface area contributed by atoms with E-state index >= 15 is 0 Å². The van der Waals surface area contributed by atoms with Crippen molar-refractivity contribution >= 4 is 23.2 Å². The molecule has 0 spiro atoms. The summed E-state index contributed by atoms with van der Waals surface area (Å²) in [6.45, 7) is 3.78. The van der Waals surface area contributed by atoms with E-state index in [9.17, 15) is 9.59 Å². The van der Waals surface area contributed by atoms with E-state index in [4.69, 9.17) is 9.47 Å². The highest BCUT2D eigenvalue weighted by Gasteiger charge is 2.37. The number of carbonyl (C=O) groups excluding carboxylic acids is 2. The Balaban J connectivity index is 1.27. The molecule has 2 unspecified atom stereocenters. The third-order valence-corrected chi connectivity index (χ3v) is 7.18. The van der Waals surface area contributed by atoms with Gasteiger partial charge in [-0.2, -0.15) is 0 Å². The first-order valence-electron chi connectivity index (χ1n) is 12.8. The molecular weight excluding hydrogens is 466 g/mol. The van der Waals surface area contributed by atoms with Gasteiger partial charge in [0.25, 0.3) is 5.91 Å². The molecular formula is C30H33N3O4. The van der Waals surface area contributed by atoms with E-state index in [0.29, 0.717) is 23.5 Å². The normalized spacial score (nSPS) is 19.8. The SMILES string of the molecule is COCc1ccc(C(=O)Nc2ccc(-c3ccccc3)cc2)cc1NC(=O)[C@@H](C)N1CC2CCC(C1)O2. The van der Waals surface area contributed by atoms with Gasteiger partial charge in [0.05, 0.1) is 24.9 Å². The number of likely N-dealkylation sites (tertiary alicyclic amines) is 1. The van der Waals surface area contributed by atoms with E-state index in [2.05, 4.69) is 27.7 Å². The number of rotatable bonds is 8. The van der Waals surface area contributed by atoms with Gasteiger partial charge in [-0.05, 0) is 55.2 Å². The molecule has 3 aromatic carbocycles. The van der Waals surface area contributed by atoms with Crippen LogP contribution in [0, 0.1) is 0 Å². The Bertz CT molecular complexity index is 1230. The fourth-order valence-corrected chi connectivity index (χ4v) is 5.06. The molecule has 0 saturated carbocycles. The Morgan fingerprint density at radius 2 is 1.62 bits per heavy atom. The van der Waals surface area contributed by atoms with Crippen molar-refractivity contribution in [2.45, 2.75) is 44.6 Å². The van der Waals surface area contributed by atoms with Gasteiger partial charge in [0.15, 0.2) is 0 Å². The molecule has 2 N–H and O–H groups in total. The molecule has 192 valence electrons. The molecule has 3 aromatic rings. The maximum Gasteiger partial charge on any atom is 0.255 e. The summed E-state index contributed by atoms with van der Waals surface area (Å²) in [4.78, 5) is 28.4. The summed E-state index contributed by atoms with van der Waals surface area (Å²) in [7, 11) is 1.61. The van der Waals surface area contributed by atoms with Gasteiger partial charge < -0.3 is 20.1 Å². The van der Waals surface area contributed by atoms with Crippen LogP contribution in [-0.4, -0.2) is 55.2 Å². The van der Waals surface area contributed by atoms with Crippen LogP contribution in [0.1, 0.15) is 35.7 Å². The fourth-order valence-electron chi connectivity index (χ4n) is 5.06. The van der Waals surface area contributed by atoms with Crippen molar-refractivity contribution in [2.75, 3.05) is 30.8 Å². The van der Waals surface area contributed by atoms with E-state index in [0.717, 1.165) is 42.6 Å². The Labute approximate surface area is 217 Å². The van der Waals surface area contributed by atoms with Crippen molar-refractivity contribution in [3.05, 3.63) is 83.9 Å². The van der Waals surface area contributed by atoms with Gasteiger partial charge in [0.1, 0.15) is 0 Å². The molecule has 2 heterocycles. The molecule has 7 heteroatoms. The molecule has 37 heavy (non-hydrogen) atoms. The standard InChI is InChI=1S/C30H33N3O4/c1-20(33-17-26-14-15-27(18-33)37-26)29(34)32-28-16-23(8-9-24(28)19-36-2)30(35)31-25-12-10-22(11-13-25)21-6-4-3-5-7-21/h3-13,16,20,26-27H,14-15,17-19H2,1-2H3,(H,31,35)(H,32,34)/t20-,26?,27?/m1/s1. The van der Waals surface area contributed by atoms with Crippen LogP contribution in [0.15, 0.2) is 72.8 Å². The van der Waals surface area contributed by atoms with E-state index in [1.165, 1.54) is 0 Å². The number of hydrogen-bond donors (Lipinski definition) is 2. The number of amides is 2. The van der Waals surface area contributed by atoms with Crippen molar-refractivity contribution < 1.29 is 19.1 Å². The predicted molar refractivity (Wildman–Crippen MR) is 145 cm³/mol. The molecule has 2 saturated heterocycles. The highest BCUT2D eigenvalue weighted by atomic mass is 16.5. The number of anilines is 2. The van der Waals surface area contributed by atoms with Crippen molar-refractivity contribution in [3.8, 4) is 11.1 Å². The highest BCUT2D eigenvalue weighted by molar-refractivity contribution is 6.06. The smallest absolute Gasteiger partial charge is 0.255 e. The summed E-state index contributed by atoms with van der Waals surface area (Å²) in [5.41, 5.74) is 4.75. The number of benzene rings is 3.